The Hall–Kier alpha value is -3.35. The van der Waals surface area contributed by atoms with Crippen LogP contribution in [-0.2, 0) is 0 Å². The first-order valence-corrected chi connectivity index (χ1v) is 10.1. The van der Waals surface area contributed by atoms with E-state index >= 15 is 0 Å². The van der Waals surface area contributed by atoms with Crippen LogP contribution in [0.4, 0.5) is 16.2 Å². The van der Waals surface area contributed by atoms with Gasteiger partial charge in [-0.2, -0.15) is 4.98 Å². The maximum Gasteiger partial charge on any atom is 0.321 e. The van der Waals surface area contributed by atoms with Crippen LogP contribution in [-0.4, -0.2) is 47.3 Å². The summed E-state index contributed by atoms with van der Waals surface area (Å²) in [7, 11) is 0. The van der Waals surface area contributed by atoms with Gasteiger partial charge in [0.1, 0.15) is 0 Å². The highest BCUT2D eigenvalue weighted by Gasteiger charge is 2.29. The lowest BCUT2D eigenvalue weighted by atomic mass is 10.1. The summed E-state index contributed by atoms with van der Waals surface area (Å²) in [5.41, 5.74) is 2.93. The minimum atomic E-state index is -0.0465. The molecule has 0 bridgehead atoms. The molecule has 0 radical (unpaired) electrons. The molecular weight excluding hydrogens is 366 g/mol. The van der Waals surface area contributed by atoms with E-state index in [9.17, 15) is 4.79 Å². The average molecular weight is 389 g/mol. The van der Waals surface area contributed by atoms with Crippen LogP contribution in [0.2, 0.25) is 0 Å². The second kappa shape index (κ2) is 7.58. The number of para-hydroxylation sites is 1. The molecule has 2 aliphatic rings. The number of nitrogens with one attached hydrogen (secondary N) is 1. The van der Waals surface area contributed by atoms with Gasteiger partial charge in [0.05, 0.1) is 0 Å². The number of carbonyl (C=O) groups is 1. The van der Waals surface area contributed by atoms with Crippen molar-refractivity contribution in [3.05, 3.63) is 60.5 Å². The van der Waals surface area contributed by atoms with Crippen molar-refractivity contribution in [1.29, 1.82) is 0 Å². The van der Waals surface area contributed by atoms with Gasteiger partial charge in [-0.25, -0.2) is 4.79 Å². The number of piperazine rings is 1. The Morgan fingerprint density at radius 2 is 1.69 bits per heavy atom. The van der Waals surface area contributed by atoms with Crippen molar-refractivity contribution < 1.29 is 9.32 Å². The van der Waals surface area contributed by atoms with E-state index in [1.807, 2.05) is 47.4 Å². The molecule has 0 unspecified atom stereocenters. The van der Waals surface area contributed by atoms with Gasteiger partial charge in [0, 0.05) is 49.0 Å². The van der Waals surface area contributed by atoms with Gasteiger partial charge >= 0.3 is 6.03 Å². The summed E-state index contributed by atoms with van der Waals surface area (Å²) in [6, 6.07) is 17.7. The summed E-state index contributed by atoms with van der Waals surface area (Å²) in [5.74, 6) is 1.88. The number of hydrogen-bond donors (Lipinski definition) is 1. The molecule has 1 aromatic heterocycles. The summed E-state index contributed by atoms with van der Waals surface area (Å²) in [5, 5.41) is 7.05. The first-order valence-electron chi connectivity index (χ1n) is 10.1. The number of hydrogen-bond acceptors (Lipinski definition) is 5. The first-order chi connectivity index (χ1) is 14.3. The Kier molecular flexibility index (Phi) is 4.63. The molecule has 5 rings (SSSR count). The van der Waals surface area contributed by atoms with Gasteiger partial charge in [-0.15, -0.1) is 0 Å². The Bertz CT molecular complexity index is 974. The molecule has 1 aliphatic heterocycles. The fourth-order valence-electron chi connectivity index (χ4n) is 3.56. The fraction of sp³-hybridized carbons (Fsp3) is 0.318. The minimum Gasteiger partial charge on any atom is -0.368 e. The zero-order valence-corrected chi connectivity index (χ0v) is 16.1. The number of benzene rings is 2. The van der Waals surface area contributed by atoms with Gasteiger partial charge in [0.15, 0.2) is 0 Å². The third-order valence-corrected chi connectivity index (χ3v) is 5.45. The number of nitrogens with zero attached hydrogens (tertiary/aromatic N) is 4. The summed E-state index contributed by atoms with van der Waals surface area (Å²) in [6.07, 6.45) is 2.30. The number of anilines is 2. The maximum atomic E-state index is 12.4. The highest BCUT2D eigenvalue weighted by molar-refractivity contribution is 5.89. The molecule has 2 heterocycles. The normalized spacial score (nSPS) is 16.7. The van der Waals surface area contributed by atoms with Crippen molar-refractivity contribution in [2.24, 2.45) is 0 Å². The number of aromatic nitrogens is 2. The third-order valence-electron chi connectivity index (χ3n) is 5.45. The van der Waals surface area contributed by atoms with Gasteiger partial charge in [-0.05, 0) is 49.2 Å². The Balaban J connectivity index is 1.18. The molecule has 1 N–H and O–H groups in total. The average Bonchev–Trinajstić information content (AvgIpc) is 3.51. The quantitative estimate of drug-likeness (QED) is 0.731. The van der Waals surface area contributed by atoms with Crippen molar-refractivity contribution in [3.63, 3.8) is 0 Å². The van der Waals surface area contributed by atoms with Crippen LogP contribution >= 0.6 is 0 Å². The third kappa shape index (κ3) is 3.94. The molecule has 0 spiro atoms. The summed E-state index contributed by atoms with van der Waals surface area (Å²) in [4.78, 5) is 21.1. The van der Waals surface area contributed by atoms with Gasteiger partial charge in [-0.1, -0.05) is 23.4 Å². The van der Waals surface area contributed by atoms with Crippen molar-refractivity contribution in [2.75, 3.05) is 36.4 Å². The molecule has 1 aliphatic carbocycles. The van der Waals surface area contributed by atoms with Crippen LogP contribution in [0.25, 0.3) is 11.4 Å². The van der Waals surface area contributed by atoms with Crippen LogP contribution in [0, 0.1) is 0 Å². The second-order valence-electron chi connectivity index (χ2n) is 7.55. The van der Waals surface area contributed by atoms with Crippen LogP contribution in [0.5, 0.6) is 0 Å². The maximum absolute atomic E-state index is 12.4. The minimum absolute atomic E-state index is 0.0465. The monoisotopic (exact) mass is 389 g/mol. The Morgan fingerprint density at radius 3 is 2.38 bits per heavy atom. The van der Waals surface area contributed by atoms with Crippen molar-refractivity contribution >= 4 is 17.4 Å². The fourth-order valence-corrected chi connectivity index (χ4v) is 3.56. The van der Waals surface area contributed by atoms with Crippen molar-refractivity contribution in [1.82, 2.24) is 15.0 Å². The molecule has 3 aromatic rings. The molecule has 1 saturated heterocycles. The second-order valence-corrected chi connectivity index (χ2v) is 7.55. The van der Waals surface area contributed by atoms with Gasteiger partial charge < -0.3 is 19.6 Å². The topological polar surface area (TPSA) is 74.5 Å². The zero-order valence-electron chi connectivity index (χ0n) is 16.1. The first kappa shape index (κ1) is 17.7. The molecule has 2 amide bonds. The van der Waals surface area contributed by atoms with Gasteiger partial charge in [0.25, 0.3) is 0 Å². The summed E-state index contributed by atoms with van der Waals surface area (Å²) in [6.45, 7) is 2.98. The van der Waals surface area contributed by atoms with Crippen LogP contribution in [0.3, 0.4) is 0 Å². The summed E-state index contributed by atoms with van der Waals surface area (Å²) >= 11 is 0. The Morgan fingerprint density at radius 1 is 0.966 bits per heavy atom. The predicted molar refractivity (Wildman–Crippen MR) is 111 cm³/mol. The Labute approximate surface area is 169 Å². The van der Waals surface area contributed by atoms with Crippen LogP contribution < -0.4 is 10.2 Å². The highest BCUT2D eigenvalue weighted by Crippen LogP contribution is 2.39. The van der Waals surface area contributed by atoms with E-state index in [1.54, 1.807) is 0 Å². The molecule has 29 heavy (non-hydrogen) atoms. The van der Waals surface area contributed by atoms with E-state index in [4.69, 9.17) is 4.52 Å². The van der Waals surface area contributed by atoms with Crippen LogP contribution in [0.15, 0.2) is 59.1 Å². The van der Waals surface area contributed by atoms with E-state index in [0.717, 1.165) is 48.8 Å². The van der Waals surface area contributed by atoms with Crippen molar-refractivity contribution in [2.45, 2.75) is 18.8 Å². The van der Waals surface area contributed by atoms with E-state index in [-0.39, 0.29) is 6.03 Å². The van der Waals surface area contributed by atoms with Crippen LogP contribution in [0.1, 0.15) is 24.7 Å². The summed E-state index contributed by atoms with van der Waals surface area (Å²) < 4.78 is 5.35. The van der Waals surface area contributed by atoms with E-state index in [2.05, 4.69) is 32.5 Å². The molecule has 1 saturated carbocycles. The molecule has 7 nitrogen and oxygen atoms in total. The molecule has 148 valence electrons. The number of rotatable bonds is 4. The molecule has 0 atom stereocenters. The predicted octanol–water partition coefficient (Wildman–Crippen LogP) is 3.97. The van der Waals surface area contributed by atoms with E-state index in [1.165, 1.54) is 0 Å². The number of amides is 2. The number of urea groups is 1. The molecule has 2 aromatic carbocycles. The van der Waals surface area contributed by atoms with Crippen molar-refractivity contribution in [3.8, 4) is 11.4 Å². The zero-order chi connectivity index (χ0) is 19.6. The van der Waals surface area contributed by atoms with E-state index in [0.29, 0.717) is 24.8 Å². The van der Waals surface area contributed by atoms with Gasteiger partial charge in [-0.3, -0.25) is 0 Å². The smallest absolute Gasteiger partial charge is 0.321 e. The molecular formula is C22H23N5O2. The lowest BCUT2D eigenvalue weighted by Crippen LogP contribution is -2.50. The highest BCUT2D eigenvalue weighted by atomic mass is 16.5. The SMILES string of the molecule is O=C(Nc1ccccc1)N1CCN(c2ccc(-c3noc(C4CC4)n3)cc2)CC1. The molecule has 2 fully saturated rings. The standard InChI is InChI=1S/C22H23N5O2/c28-22(23-18-4-2-1-3-5-18)27-14-12-26(13-15-27)19-10-8-16(9-11-19)20-24-21(29-25-20)17-6-7-17/h1-5,8-11,17H,6-7,12-15H2,(H,23,28). The molecule has 7 heteroatoms. The van der Waals surface area contributed by atoms with E-state index < -0.39 is 0 Å². The largest absolute Gasteiger partial charge is 0.368 e. The van der Waals surface area contributed by atoms with Gasteiger partial charge in [0.2, 0.25) is 11.7 Å². The number of carbonyl (C=O) groups excluding carboxylic acids is 1. The lowest BCUT2D eigenvalue weighted by Gasteiger charge is -2.36. The lowest BCUT2D eigenvalue weighted by molar-refractivity contribution is 0.208.